The molecular formula is C19H23N3OS. The molecule has 1 aliphatic heterocycles. The summed E-state index contributed by atoms with van der Waals surface area (Å²) in [5.41, 5.74) is 1.86. The van der Waals surface area contributed by atoms with E-state index < -0.39 is 5.66 Å². The highest BCUT2D eigenvalue weighted by Crippen LogP contribution is 2.42. The summed E-state index contributed by atoms with van der Waals surface area (Å²) < 4.78 is 0. The van der Waals surface area contributed by atoms with Crippen molar-refractivity contribution in [1.82, 2.24) is 5.32 Å². The van der Waals surface area contributed by atoms with Crippen molar-refractivity contribution in [2.45, 2.75) is 57.5 Å². The maximum absolute atomic E-state index is 12.4. The smallest absolute Gasteiger partial charge is 0.266 e. The van der Waals surface area contributed by atoms with Crippen LogP contribution in [0.2, 0.25) is 0 Å². The number of nitrogens with one attached hydrogen (secondary N) is 1. The minimum atomic E-state index is -0.466. The minimum Gasteiger partial charge on any atom is -0.328 e. The van der Waals surface area contributed by atoms with E-state index in [2.05, 4.69) is 61.0 Å². The number of amides is 1. The topological polar surface area (TPSA) is 56.1 Å². The molecule has 1 fully saturated rings. The molecule has 0 unspecified atom stereocenters. The van der Waals surface area contributed by atoms with E-state index in [0.29, 0.717) is 10.9 Å². The summed E-state index contributed by atoms with van der Waals surface area (Å²) in [6, 6.07) is 10.4. The van der Waals surface area contributed by atoms with E-state index in [1.54, 1.807) is 0 Å². The highest BCUT2D eigenvalue weighted by molar-refractivity contribution is 7.84. The van der Waals surface area contributed by atoms with E-state index in [-0.39, 0.29) is 11.5 Å². The van der Waals surface area contributed by atoms with Crippen molar-refractivity contribution in [2.24, 2.45) is 0 Å². The lowest BCUT2D eigenvalue weighted by Crippen LogP contribution is -2.64. The third-order valence-electron chi connectivity index (χ3n) is 5.05. The second kappa shape index (κ2) is 6.52. The molecular weight excluding hydrogens is 318 g/mol. The largest absolute Gasteiger partial charge is 0.328 e. The standard InChI is InChI=1S/C19H23N3OS/c1-13(2)14-6-8-15(9-7-14)22-18(24)16(12-20)17(23)21-19(22)10-4-3-5-11-19/h6-9,13,24H,3-5,10-11H2,1-2H3,(H,21,23). The van der Waals surface area contributed by atoms with Crippen LogP contribution >= 0.6 is 12.6 Å². The van der Waals surface area contributed by atoms with Gasteiger partial charge in [0.25, 0.3) is 5.91 Å². The lowest BCUT2D eigenvalue weighted by molar-refractivity contribution is -0.120. The Morgan fingerprint density at radius 2 is 1.83 bits per heavy atom. The summed E-state index contributed by atoms with van der Waals surface area (Å²) in [4.78, 5) is 14.4. The fourth-order valence-electron chi connectivity index (χ4n) is 3.71. The highest BCUT2D eigenvalue weighted by Gasteiger charge is 2.45. The van der Waals surface area contributed by atoms with Crippen molar-refractivity contribution in [3.63, 3.8) is 0 Å². The molecule has 0 saturated heterocycles. The van der Waals surface area contributed by atoms with Crippen LogP contribution in [0.1, 0.15) is 57.4 Å². The number of thiol groups is 1. The SMILES string of the molecule is CC(C)c1ccc(N2C(S)=C(C#N)C(=O)NC23CCCCC3)cc1. The van der Waals surface area contributed by atoms with Crippen LogP contribution in [0.15, 0.2) is 34.9 Å². The van der Waals surface area contributed by atoms with Gasteiger partial charge in [-0.2, -0.15) is 5.26 Å². The third-order valence-corrected chi connectivity index (χ3v) is 5.47. The number of carbonyl (C=O) groups excluding carboxylic acids is 1. The highest BCUT2D eigenvalue weighted by atomic mass is 32.1. The van der Waals surface area contributed by atoms with Gasteiger partial charge in [0.1, 0.15) is 17.3 Å². The average Bonchev–Trinajstić information content (AvgIpc) is 2.56. The first kappa shape index (κ1) is 16.9. The van der Waals surface area contributed by atoms with Crippen LogP contribution in [0.25, 0.3) is 0 Å². The first-order valence-electron chi connectivity index (χ1n) is 8.54. The van der Waals surface area contributed by atoms with Crippen molar-refractivity contribution in [3.05, 3.63) is 40.4 Å². The van der Waals surface area contributed by atoms with Crippen LogP contribution in [-0.4, -0.2) is 11.6 Å². The van der Waals surface area contributed by atoms with Gasteiger partial charge in [-0.3, -0.25) is 4.79 Å². The molecule has 1 amide bonds. The number of benzene rings is 1. The summed E-state index contributed by atoms with van der Waals surface area (Å²) in [7, 11) is 0. The van der Waals surface area contributed by atoms with Gasteiger partial charge in [-0.05, 0) is 49.3 Å². The second-order valence-corrected chi connectivity index (χ2v) is 7.36. The molecule has 1 N–H and O–H groups in total. The summed E-state index contributed by atoms with van der Waals surface area (Å²) in [6.07, 6.45) is 5.03. The number of hydrogen-bond donors (Lipinski definition) is 2. The number of rotatable bonds is 2. The predicted molar refractivity (Wildman–Crippen MR) is 98.6 cm³/mol. The Bertz CT molecular complexity index is 709. The van der Waals surface area contributed by atoms with Gasteiger partial charge in [0.15, 0.2) is 0 Å². The maximum Gasteiger partial charge on any atom is 0.266 e. The maximum atomic E-state index is 12.4. The molecule has 24 heavy (non-hydrogen) atoms. The fraction of sp³-hybridized carbons (Fsp3) is 0.474. The molecule has 1 saturated carbocycles. The number of hydrogen-bond acceptors (Lipinski definition) is 4. The van der Waals surface area contributed by atoms with Gasteiger partial charge in [-0.25, -0.2) is 0 Å². The molecule has 1 aromatic rings. The molecule has 126 valence electrons. The van der Waals surface area contributed by atoms with Crippen LogP contribution in [0.4, 0.5) is 5.69 Å². The Balaban J connectivity index is 2.09. The lowest BCUT2D eigenvalue weighted by atomic mass is 9.85. The average molecular weight is 341 g/mol. The van der Waals surface area contributed by atoms with E-state index in [1.807, 2.05) is 6.07 Å². The number of carbonyl (C=O) groups is 1. The molecule has 3 rings (SSSR count). The summed E-state index contributed by atoms with van der Waals surface area (Å²) in [6.45, 7) is 4.33. The van der Waals surface area contributed by atoms with E-state index >= 15 is 0 Å². The summed E-state index contributed by atoms with van der Waals surface area (Å²) in [5.74, 6) is 0.156. The molecule has 1 spiro atoms. The number of nitriles is 1. The molecule has 0 atom stereocenters. The van der Waals surface area contributed by atoms with Crippen LogP contribution < -0.4 is 10.2 Å². The van der Waals surface area contributed by atoms with Crippen molar-refractivity contribution < 1.29 is 4.79 Å². The molecule has 1 aliphatic carbocycles. The summed E-state index contributed by atoms with van der Waals surface area (Å²) in [5, 5.41) is 12.9. The van der Waals surface area contributed by atoms with Gasteiger partial charge in [0.05, 0.1) is 5.03 Å². The van der Waals surface area contributed by atoms with E-state index in [1.165, 1.54) is 12.0 Å². The quantitative estimate of drug-likeness (QED) is 0.797. The third kappa shape index (κ3) is 2.80. The lowest BCUT2D eigenvalue weighted by Gasteiger charge is -2.50. The van der Waals surface area contributed by atoms with E-state index in [4.69, 9.17) is 0 Å². The van der Waals surface area contributed by atoms with Crippen LogP contribution in [0.5, 0.6) is 0 Å². The van der Waals surface area contributed by atoms with Gasteiger partial charge in [0, 0.05) is 5.69 Å². The van der Waals surface area contributed by atoms with Crippen LogP contribution in [-0.2, 0) is 4.79 Å². The fourth-order valence-corrected chi connectivity index (χ4v) is 4.17. The Labute approximate surface area is 148 Å². The molecule has 5 heteroatoms. The van der Waals surface area contributed by atoms with Crippen molar-refractivity contribution in [3.8, 4) is 6.07 Å². The zero-order chi connectivity index (χ0) is 17.3. The van der Waals surface area contributed by atoms with Crippen LogP contribution in [0, 0.1) is 11.3 Å². The van der Waals surface area contributed by atoms with Crippen molar-refractivity contribution in [2.75, 3.05) is 4.90 Å². The zero-order valence-electron chi connectivity index (χ0n) is 14.2. The Hall–Kier alpha value is -1.93. The van der Waals surface area contributed by atoms with Crippen molar-refractivity contribution >= 4 is 24.2 Å². The normalized spacial score (nSPS) is 20.3. The molecule has 2 aliphatic rings. The zero-order valence-corrected chi connectivity index (χ0v) is 15.1. The first-order chi connectivity index (χ1) is 11.5. The molecule has 1 heterocycles. The monoisotopic (exact) mass is 341 g/mol. The van der Waals surface area contributed by atoms with Gasteiger partial charge < -0.3 is 10.2 Å². The molecule has 4 nitrogen and oxygen atoms in total. The van der Waals surface area contributed by atoms with E-state index in [0.717, 1.165) is 31.4 Å². The van der Waals surface area contributed by atoms with Crippen LogP contribution in [0.3, 0.4) is 0 Å². The van der Waals surface area contributed by atoms with Gasteiger partial charge >= 0.3 is 0 Å². The molecule has 0 bridgehead atoms. The molecule has 1 aromatic carbocycles. The minimum absolute atomic E-state index is 0.0856. The van der Waals surface area contributed by atoms with Gasteiger partial charge in [-0.15, -0.1) is 12.6 Å². The Morgan fingerprint density at radius 1 is 1.21 bits per heavy atom. The van der Waals surface area contributed by atoms with E-state index in [9.17, 15) is 10.1 Å². The molecule has 0 radical (unpaired) electrons. The summed E-state index contributed by atoms with van der Waals surface area (Å²) >= 11 is 4.57. The second-order valence-electron chi connectivity index (χ2n) is 6.94. The Morgan fingerprint density at radius 3 is 2.38 bits per heavy atom. The predicted octanol–water partition coefficient (Wildman–Crippen LogP) is 4.07. The Kier molecular flexibility index (Phi) is 4.60. The first-order valence-corrected chi connectivity index (χ1v) is 8.99. The number of anilines is 1. The van der Waals surface area contributed by atoms with Gasteiger partial charge in [-0.1, -0.05) is 32.4 Å². The van der Waals surface area contributed by atoms with Gasteiger partial charge in [0.2, 0.25) is 0 Å². The van der Waals surface area contributed by atoms with Crippen molar-refractivity contribution in [1.29, 1.82) is 5.26 Å². The molecule has 0 aromatic heterocycles. The number of nitrogens with zero attached hydrogens (tertiary/aromatic N) is 2.